The van der Waals surface area contributed by atoms with Crippen LogP contribution in [0.3, 0.4) is 0 Å². The highest BCUT2D eigenvalue weighted by molar-refractivity contribution is 4.99. The van der Waals surface area contributed by atoms with Crippen molar-refractivity contribution in [2.75, 3.05) is 0 Å². The Bertz CT molecular complexity index is 197. The highest BCUT2D eigenvalue weighted by Gasteiger charge is 2.59. The minimum absolute atomic E-state index is 0.0765. The molecule has 0 radical (unpaired) electrons. The molecule has 0 aromatic rings. The number of alkyl halides is 3. The fraction of sp³-hybridized carbons (Fsp3) is 1.00. The number of nitrogens with two attached hydrogens (primary N) is 1. The van der Waals surface area contributed by atoms with Crippen molar-refractivity contribution in [3.63, 3.8) is 0 Å². The van der Waals surface area contributed by atoms with E-state index in [1.165, 1.54) is 0 Å². The van der Waals surface area contributed by atoms with Gasteiger partial charge in [-0.2, -0.15) is 13.2 Å². The highest BCUT2D eigenvalue weighted by atomic mass is 19.4. The van der Waals surface area contributed by atoms with Crippen LogP contribution in [0.25, 0.3) is 0 Å². The summed E-state index contributed by atoms with van der Waals surface area (Å²) in [4.78, 5) is 0. The van der Waals surface area contributed by atoms with E-state index in [4.69, 9.17) is 15.9 Å². The molecule has 0 saturated heterocycles. The standard InChI is InChI=1S/C7H12F3NO2/c8-7(9,10)6(13)2-1-4(11)3-5(6)12/h4-5,12-13H,1-3,11H2/t4?,5-,6+/m0/s1. The number of rotatable bonds is 0. The van der Waals surface area contributed by atoms with E-state index in [-0.39, 0.29) is 12.8 Å². The Morgan fingerprint density at radius 1 is 1.38 bits per heavy atom. The van der Waals surface area contributed by atoms with Gasteiger partial charge in [0.1, 0.15) is 0 Å². The first-order valence-corrected chi connectivity index (χ1v) is 4.00. The topological polar surface area (TPSA) is 66.5 Å². The predicted octanol–water partition coefficient (Wildman–Crippen LogP) is 0.152. The largest absolute Gasteiger partial charge is 0.419 e. The Morgan fingerprint density at radius 3 is 2.31 bits per heavy atom. The lowest BCUT2D eigenvalue weighted by Gasteiger charge is -2.40. The summed E-state index contributed by atoms with van der Waals surface area (Å²) in [5.41, 5.74) is 2.38. The molecule has 78 valence electrons. The normalized spacial score (nSPS) is 42.0. The molecule has 0 heterocycles. The van der Waals surface area contributed by atoms with Gasteiger partial charge in [-0.1, -0.05) is 0 Å². The van der Waals surface area contributed by atoms with Crippen LogP contribution in [0.2, 0.25) is 0 Å². The molecule has 0 bridgehead atoms. The zero-order valence-electron chi connectivity index (χ0n) is 6.88. The molecule has 1 aliphatic carbocycles. The highest BCUT2D eigenvalue weighted by Crippen LogP contribution is 2.41. The summed E-state index contributed by atoms with van der Waals surface area (Å²) in [6, 6.07) is -0.461. The molecule has 0 aromatic heterocycles. The summed E-state index contributed by atoms with van der Waals surface area (Å²) in [7, 11) is 0. The average Bonchev–Trinajstić information content (AvgIpc) is 1.95. The van der Waals surface area contributed by atoms with E-state index in [1.807, 2.05) is 0 Å². The van der Waals surface area contributed by atoms with Crippen molar-refractivity contribution in [3.05, 3.63) is 0 Å². The van der Waals surface area contributed by atoms with Gasteiger partial charge in [-0.05, 0) is 19.3 Å². The molecule has 0 amide bonds. The molecule has 1 rings (SSSR count). The fourth-order valence-corrected chi connectivity index (χ4v) is 1.50. The minimum atomic E-state index is -4.79. The van der Waals surface area contributed by atoms with Crippen LogP contribution in [-0.4, -0.2) is 34.1 Å². The predicted molar refractivity (Wildman–Crippen MR) is 38.8 cm³/mol. The molecule has 0 spiro atoms. The maximum absolute atomic E-state index is 12.3. The Balaban J connectivity index is 2.79. The van der Waals surface area contributed by atoms with Crippen molar-refractivity contribution in [1.82, 2.24) is 0 Å². The SMILES string of the molecule is NC1CC[C@](O)(C(F)(F)F)[C@@H](O)C1. The molecule has 4 N–H and O–H groups in total. The van der Waals surface area contributed by atoms with Crippen molar-refractivity contribution in [1.29, 1.82) is 0 Å². The van der Waals surface area contributed by atoms with E-state index in [0.717, 1.165) is 0 Å². The number of aliphatic hydroxyl groups excluding tert-OH is 1. The fourth-order valence-electron chi connectivity index (χ4n) is 1.50. The maximum atomic E-state index is 12.3. The van der Waals surface area contributed by atoms with Crippen LogP contribution in [0.15, 0.2) is 0 Å². The summed E-state index contributed by atoms with van der Waals surface area (Å²) < 4.78 is 36.8. The van der Waals surface area contributed by atoms with Gasteiger partial charge in [0.05, 0.1) is 6.10 Å². The first-order chi connectivity index (χ1) is 5.77. The van der Waals surface area contributed by atoms with E-state index < -0.39 is 30.3 Å². The van der Waals surface area contributed by atoms with E-state index in [1.54, 1.807) is 0 Å². The van der Waals surface area contributed by atoms with Crippen LogP contribution in [0.1, 0.15) is 19.3 Å². The van der Waals surface area contributed by atoms with Gasteiger partial charge in [0, 0.05) is 6.04 Å². The molecular formula is C7H12F3NO2. The Hall–Kier alpha value is -0.330. The van der Waals surface area contributed by atoms with Crippen LogP contribution < -0.4 is 5.73 Å². The summed E-state index contributed by atoms with van der Waals surface area (Å²) in [5.74, 6) is 0. The zero-order chi connectivity index (χ0) is 10.3. The van der Waals surface area contributed by atoms with Gasteiger partial charge < -0.3 is 15.9 Å². The van der Waals surface area contributed by atoms with Crippen LogP contribution in [0.4, 0.5) is 13.2 Å². The number of hydrogen-bond donors (Lipinski definition) is 3. The molecular weight excluding hydrogens is 187 g/mol. The summed E-state index contributed by atoms with van der Waals surface area (Å²) in [6.07, 6.45) is -7.26. The second-order valence-corrected chi connectivity index (χ2v) is 3.47. The summed E-state index contributed by atoms with van der Waals surface area (Å²) >= 11 is 0. The molecule has 1 fully saturated rings. The van der Waals surface area contributed by atoms with Crippen LogP contribution in [0.5, 0.6) is 0 Å². The van der Waals surface area contributed by atoms with Gasteiger partial charge in [-0.3, -0.25) is 0 Å². The van der Waals surface area contributed by atoms with Crippen molar-refractivity contribution in [2.24, 2.45) is 5.73 Å². The second-order valence-electron chi connectivity index (χ2n) is 3.47. The summed E-state index contributed by atoms with van der Waals surface area (Å²) in [6.45, 7) is 0. The van der Waals surface area contributed by atoms with Crippen LogP contribution in [-0.2, 0) is 0 Å². The first-order valence-electron chi connectivity index (χ1n) is 4.00. The third-order valence-electron chi connectivity index (χ3n) is 2.46. The second kappa shape index (κ2) is 3.11. The minimum Gasteiger partial charge on any atom is -0.390 e. The Labute approximate surface area is 73.3 Å². The van der Waals surface area contributed by atoms with E-state index in [2.05, 4.69) is 0 Å². The smallest absolute Gasteiger partial charge is 0.390 e. The molecule has 1 unspecified atom stereocenters. The number of halogens is 3. The van der Waals surface area contributed by atoms with Gasteiger partial charge in [0.25, 0.3) is 0 Å². The van der Waals surface area contributed by atoms with Gasteiger partial charge in [-0.25, -0.2) is 0 Å². The van der Waals surface area contributed by atoms with Gasteiger partial charge in [0.2, 0.25) is 0 Å². The maximum Gasteiger partial charge on any atom is 0.419 e. The van der Waals surface area contributed by atoms with Crippen molar-refractivity contribution < 1.29 is 23.4 Å². The summed E-state index contributed by atoms with van der Waals surface area (Å²) in [5, 5.41) is 18.2. The van der Waals surface area contributed by atoms with Gasteiger partial charge in [-0.15, -0.1) is 0 Å². The van der Waals surface area contributed by atoms with Crippen molar-refractivity contribution in [2.45, 2.75) is 43.2 Å². The van der Waals surface area contributed by atoms with Crippen molar-refractivity contribution in [3.8, 4) is 0 Å². The lowest BCUT2D eigenvalue weighted by molar-refractivity contribution is -0.299. The van der Waals surface area contributed by atoms with Crippen LogP contribution in [0, 0.1) is 0 Å². The third-order valence-corrected chi connectivity index (χ3v) is 2.46. The average molecular weight is 199 g/mol. The molecule has 6 heteroatoms. The van der Waals surface area contributed by atoms with Crippen LogP contribution >= 0.6 is 0 Å². The lowest BCUT2D eigenvalue weighted by Crippen LogP contribution is -2.59. The van der Waals surface area contributed by atoms with Gasteiger partial charge in [0.15, 0.2) is 5.60 Å². The number of hydrogen-bond acceptors (Lipinski definition) is 3. The molecule has 1 saturated carbocycles. The molecule has 0 aromatic carbocycles. The lowest BCUT2D eigenvalue weighted by atomic mass is 9.79. The van der Waals surface area contributed by atoms with E-state index in [0.29, 0.717) is 0 Å². The molecule has 1 aliphatic rings. The molecule has 13 heavy (non-hydrogen) atoms. The molecule has 3 atom stereocenters. The number of aliphatic hydroxyl groups is 2. The van der Waals surface area contributed by atoms with E-state index >= 15 is 0 Å². The third kappa shape index (κ3) is 1.79. The first kappa shape index (κ1) is 10.7. The molecule has 3 nitrogen and oxygen atoms in total. The molecule has 0 aliphatic heterocycles. The monoisotopic (exact) mass is 199 g/mol. The Morgan fingerprint density at radius 2 is 1.92 bits per heavy atom. The zero-order valence-corrected chi connectivity index (χ0v) is 6.88. The Kier molecular flexibility index (Phi) is 2.57. The van der Waals surface area contributed by atoms with Gasteiger partial charge >= 0.3 is 6.18 Å². The van der Waals surface area contributed by atoms with E-state index in [9.17, 15) is 13.2 Å². The quantitative estimate of drug-likeness (QED) is 0.520. The van der Waals surface area contributed by atoms with Crippen molar-refractivity contribution >= 4 is 0 Å².